The lowest BCUT2D eigenvalue weighted by Crippen LogP contribution is -2.26. The maximum atomic E-state index is 12.2. The van der Waals surface area contributed by atoms with Crippen LogP contribution in [0.1, 0.15) is 12.5 Å². The number of rotatable bonds is 5. The van der Waals surface area contributed by atoms with E-state index in [2.05, 4.69) is 27.7 Å². The van der Waals surface area contributed by atoms with E-state index >= 15 is 0 Å². The largest absolute Gasteiger partial charge is 0.352 e. The number of hydrogen-bond donors (Lipinski definition) is 2. The van der Waals surface area contributed by atoms with Crippen LogP contribution in [0.3, 0.4) is 0 Å². The van der Waals surface area contributed by atoms with E-state index in [0.29, 0.717) is 5.82 Å². The average Bonchev–Trinajstić information content (AvgIpc) is 2.63. The number of nitrogens with zero attached hydrogens (tertiary/aromatic N) is 3. The number of nitrogens with one attached hydrogen (secondary N) is 2. The minimum Gasteiger partial charge on any atom is -0.298 e. The van der Waals surface area contributed by atoms with Crippen molar-refractivity contribution in [1.82, 2.24) is 14.5 Å². The fourth-order valence-corrected chi connectivity index (χ4v) is 2.45. The molecular formula is C18H19N5O. The number of aromatic nitrogens is 3. The molecular weight excluding hydrogens is 302 g/mol. The van der Waals surface area contributed by atoms with E-state index in [1.54, 1.807) is 7.05 Å². The van der Waals surface area contributed by atoms with Gasteiger partial charge in [-0.1, -0.05) is 49.4 Å². The predicted octanol–water partition coefficient (Wildman–Crippen LogP) is 2.84. The maximum Gasteiger partial charge on any atom is 0.352 e. The first-order valence-electron chi connectivity index (χ1n) is 7.79. The molecule has 0 unspecified atom stereocenters. The highest BCUT2D eigenvalue weighted by Crippen LogP contribution is 2.21. The molecule has 0 fully saturated rings. The molecule has 2 N–H and O–H groups in total. The Morgan fingerprint density at radius 1 is 0.958 bits per heavy atom. The van der Waals surface area contributed by atoms with Gasteiger partial charge in [-0.25, -0.2) is 4.79 Å². The van der Waals surface area contributed by atoms with Gasteiger partial charge in [0, 0.05) is 12.6 Å². The molecule has 3 rings (SSSR count). The van der Waals surface area contributed by atoms with Crippen molar-refractivity contribution in [2.45, 2.75) is 13.3 Å². The number of hydrogen-bond acceptors (Lipinski definition) is 5. The molecule has 3 aromatic rings. The molecule has 6 nitrogen and oxygen atoms in total. The van der Waals surface area contributed by atoms with Crippen molar-refractivity contribution in [2.24, 2.45) is 7.05 Å². The van der Waals surface area contributed by atoms with Crippen molar-refractivity contribution in [3.05, 3.63) is 70.6 Å². The third-order valence-corrected chi connectivity index (χ3v) is 3.75. The summed E-state index contributed by atoms with van der Waals surface area (Å²) in [7, 11) is 1.68. The molecule has 0 amide bonds. The minimum atomic E-state index is -0.358. The molecule has 0 aliphatic carbocycles. The Labute approximate surface area is 140 Å². The highest BCUT2D eigenvalue weighted by Gasteiger charge is 2.12. The van der Waals surface area contributed by atoms with Gasteiger partial charge in [-0.05, 0) is 24.1 Å². The van der Waals surface area contributed by atoms with Crippen molar-refractivity contribution in [2.75, 3.05) is 10.9 Å². The average molecular weight is 321 g/mol. The number of aryl methyl sites for hydroxylation is 1. The highest BCUT2D eigenvalue weighted by molar-refractivity contribution is 5.61. The monoisotopic (exact) mass is 321 g/mol. The summed E-state index contributed by atoms with van der Waals surface area (Å²) in [5, 5.41) is 0. The first-order valence-corrected chi connectivity index (χ1v) is 7.79. The molecule has 1 heterocycles. The zero-order chi connectivity index (χ0) is 16.9. The first kappa shape index (κ1) is 15.7. The van der Waals surface area contributed by atoms with E-state index in [9.17, 15) is 4.79 Å². The van der Waals surface area contributed by atoms with Crippen molar-refractivity contribution >= 4 is 11.6 Å². The summed E-state index contributed by atoms with van der Waals surface area (Å²) in [4.78, 5) is 20.6. The zero-order valence-corrected chi connectivity index (χ0v) is 13.7. The minimum absolute atomic E-state index is 0.239. The van der Waals surface area contributed by atoms with Gasteiger partial charge in [0.25, 0.3) is 0 Å². The lowest BCUT2D eigenvalue weighted by molar-refractivity contribution is 0.784. The number of para-hydroxylation sites is 1. The lowest BCUT2D eigenvalue weighted by Gasteiger charge is -2.13. The number of benzene rings is 2. The summed E-state index contributed by atoms with van der Waals surface area (Å²) in [6, 6.07) is 17.5. The van der Waals surface area contributed by atoms with Crippen molar-refractivity contribution in [1.29, 1.82) is 0 Å². The summed E-state index contributed by atoms with van der Waals surface area (Å²) >= 11 is 0. The second-order valence-electron chi connectivity index (χ2n) is 5.34. The molecule has 0 aliphatic heterocycles. The van der Waals surface area contributed by atoms with Crippen molar-refractivity contribution < 1.29 is 0 Å². The molecule has 0 saturated heterocycles. The fourth-order valence-electron chi connectivity index (χ4n) is 2.45. The summed E-state index contributed by atoms with van der Waals surface area (Å²) in [6.45, 7) is 2.08. The van der Waals surface area contributed by atoms with Crippen LogP contribution in [0.2, 0.25) is 0 Å². The van der Waals surface area contributed by atoms with Crippen LogP contribution in [-0.2, 0) is 13.5 Å². The molecule has 122 valence electrons. The molecule has 0 aliphatic rings. The Balaban J connectivity index is 1.96. The second-order valence-corrected chi connectivity index (χ2v) is 5.34. The van der Waals surface area contributed by atoms with Crippen LogP contribution in [0.5, 0.6) is 0 Å². The van der Waals surface area contributed by atoms with E-state index in [0.717, 1.165) is 23.2 Å². The third kappa shape index (κ3) is 3.27. The van der Waals surface area contributed by atoms with Crippen LogP contribution in [0, 0.1) is 0 Å². The Bertz CT molecular complexity index is 889. The van der Waals surface area contributed by atoms with Gasteiger partial charge in [0.05, 0.1) is 5.69 Å². The summed E-state index contributed by atoms with van der Waals surface area (Å²) in [5.41, 5.74) is 8.45. The van der Waals surface area contributed by atoms with Crippen LogP contribution in [0.15, 0.2) is 59.4 Å². The van der Waals surface area contributed by atoms with Gasteiger partial charge in [-0.3, -0.25) is 15.4 Å². The third-order valence-electron chi connectivity index (χ3n) is 3.75. The Hall–Kier alpha value is -3.15. The molecule has 6 heteroatoms. The predicted molar refractivity (Wildman–Crippen MR) is 95.8 cm³/mol. The standard InChI is InChI=1S/C18H19N5O/c1-3-13-9-7-8-12-15(13)16-19-17(20-18(24)23(16)2)22-21-14-10-5-4-6-11-14/h4-12,21H,3H2,1-2H3,(H,20,22,24). The first-order chi connectivity index (χ1) is 11.7. The van der Waals surface area contributed by atoms with E-state index < -0.39 is 0 Å². The molecule has 2 aromatic carbocycles. The van der Waals surface area contributed by atoms with Crippen LogP contribution in [-0.4, -0.2) is 14.5 Å². The fraction of sp³-hybridized carbons (Fsp3) is 0.167. The lowest BCUT2D eigenvalue weighted by atomic mass is 10.0. The highest BCUT2D eigenvalue weighted by atomic mass is 16.1. The van der Waals surface area contributed by atoms with Crippen LogP contribution >= 0.6 is 0 Å². The topological polar surface area (TPSA) is 71.8 Å². The smallest absolute Gasteiger partial charge is 0.298 e. The van der Waals surface area contributed by atoms with E-state index in [1.807, 2.05) is 54.6 Å². The normalized spacial score (nSPS) is 10.4. The van der Waals surface area contributed by atoms with Gasteiger partial charge in [-0.15, -0.1) is 0 Å². The van der Waals surface area contributed by atoms with Gasteiger partial charge in [-0.2, -0.15) is 9.97 Å². The van der Waals surface area contributed by atoms with E-state index in [1.165, 1.54) is 4.57 Å². The van der Waals surface area contributed by atoms with E-state index in [-0.39, 0.29) is 11.6 Å². The maximum absolute atomic E-state index is 12.2. The molecule has 0 spiro atoms. The van der Waals surface area contributed by atoms with Gasteiger partial charge in [0.2, 0.25) is 5.95 Å². The molecule has 0 radical (unpaired) electrons. The Morgan fingerprint density at radius 3 is 2.42 bits per heavy atom. The molecule has 0 atom stereocenters. The molecule has 0 bridgehead atoms. The van der Waals surface area contributed by atoms with Crippen LogP contribution in [0.4, 0.5) is 11.6 Å². The zero-order valence-electron chi connectivity index (χ0n) is 13.7. The van der Waals surface area contributed by atoms with Crippen molar-refractivity contribution in [3.8, 4) is 11.4 Å². The van der Waals surface area contributed by atoms with Gasteiger partial charge < -0.3 is 0 Å². The number of anilines is 2. The quantitative estimate of drug-likeness (QED) is 0.707. The Kier molecular flexibility index (Phi) is 4.56. The number of hydrazine groups is 1. The van der Waals surface area contributed by atoms with Crippen molar-refractivity contribution in [3.63, 3.8) is 0 Å². The summed E-state index contributed by atoms with van der Waals surface area (Å²) in [6.07, 6.45) is 0.861. The molecule has 0 saturated carbocycles. The van der Waals surface area contributed by atoms with E-state index in [4.69, 9.17) is 0 Å². The van der Waals surface area contributed by atoms with Gasteiger partial charge >= 0.3 is 5.69 Å². The van der Waals surface area contributed by atoms with Gasteiger partial charge in [0.15, 0.2) is 0 Å². The summed E-state index contributed by atoms with van der Waals surface area (Å²) in [5.74, 6) is 0.827. The van der Waals surface area contributed by atoms with Crippen LogP contribution in [0.25, 0.3) is 11.4 Å². The molecule has 24 heavy (non-hydrogen) atoms. The van der Waals surface area contributed by atoms with Crippen LogP contribution < -0.4 is 16.5 Å². The molecule has 1 aromatic heterocycles. The second kappa shape index (κ2) is 6.95. The van der Waals surface area contributed by atoms with Gasteiger partial charge in [0.1, 0.15) is 5.82 Å². The summed E-state index contributed by atoms with van der Waals surface area (Å²) < 4.78 is 1.46. The SMILES string of the molecule is CCc1ccccc1-c1nc(NNc2ccccc2)nc(=O)n1C. The Morgan fingerprint density at radius 2 is 1.67 bits per heavy atom.